The molecule has 0 aliphatic carbocycles. The predicted octanol–water partition coefficient (Wildman–Crippen LogP) is 1.78. The summed E-state index contributed by atoms with van der Waals surface area (Å²) in [5.74, 6) is 0.0474. The number of amides is 1. The van der Waals surface area contributed by atoms with Crippen molar-refractivity contribution in [1.82, 2.24) is 10.3 Å². The van der Waals surface area contributed by atoms with Gasteiger partial charge in [0.2, 0.25) is 5.91 Å². The molecule has 1 aromatic heterocycles. The average molecular weight is 284 g/mol. The molecule has 1 saturated heterocycles. The number of carbonyl (C=O) groups excluding carboxylic acids is 1. The molecule has 1 amide bonds. The van der Waals surface area contributed by atoms with Crippen molar-refractivity contribution in [1.29, 1.82) is 0 Å². The Morgan fingerprint density at radius 2 is 2.50 bits per heavy atom. The van der Waals surface area contributed by atoms with Crippen LogP contribution in [0.1, 0.15) is 13.3 Å². The Balaban J connectivity index is 2.10. The second-order valence-electron chi connectivity index (χ2n) is 4.28. The van der Waals surface area contributed by atoms with Gasteiger partial charge in [0.25, 0.3) is 0 Å². The molecule has 2 N–H and O–H groups in total. The minimum absolute atomic E-state index is 0.0474. The first-order chi connectivity index (χ1) is 7.62. The third kappa shape index (κ3) is 2.25. The Morgan fingerprint density at radius 3 is 3.12 bits per heavy atom. The zero-order chi connectivity index (χ0) is 11.6. The number of nitrogens with zero attached hydrogens (tertiary/aromatic N) is 1. The van der Waals surface area contributed by atoms with Crippen molar-refractivity contribution >= 4 is 27.5 Å². The molecule has 1 aliphatic heterocycles. The van der Waals surface area contributed by atoms with Gasteiger partial charge in [-0.1, -0.05) is 0 Å². The number of pyridine rings is 1. The summed E-state index contributed by atoms with van der Waals surface area (Å²) < 4.78 is 0.665. The summed E-state index contributed by atoms with van der Waals surface area (Å²) in [6.07, 6.45) is 2.55. The van der Waals surface area contributed by atoms with Crippen molar-refractivity contribution in [3.8, 4) is 0 Å². The maximum Gasteiger partial charge on any atom is 0.231 e. The van der Waals surface area contributed by atoms with Crippen molar-refractivity contribution < 1.29 is 4.79 Å². The third-order valence-electron chi connectivity index (χ3n) is 2.92. The van der Waals surface area contributed by atoms with E-state index in [1.165, 1.54) is 0 Å². The van der Waals surface area contributed by atoms with Gasteiger partial charge in [0, 0.05) is 12.7 Å². The number of anilines is 1. The Labute approximate surface area is 103 Å². The smallest absolute Gasteiger partial charge is 0.231 e. The van der Waals surface area contributed by atoms with Crippen LogP contribution in [-0.2, 0) is 4.79 Å². The monoisotopic (exact) mass is 283 g/mol. The van der Waals surface area contributed by atoms with E-state index in [4.69, 9.17) is 0 Å². The highest BCUT2D eigenvalue weighted by Crippen LogP contribution is 2.27. The quantitative estimate of drug-likeness (QED) is 0.814. The largest absolute Gasteiger partial charge is 0.323 e. The van der Waals surface area contributed by atoms with Gasteiger partial charge >= 0.3 is 0 Å². The van der Waals surface area contributed by atoms with Crippen LogP contribution in [0.4, 0.5) is 5.69 Å². The van der Waals surface area contributed by atoms with Gasteiger partial charge in [0.1, 0.15) is 4.60 Å². The van der Waals surface area contributed by atoms with Crippen LogP contribution in [-0.4, -0.2) is 24.0 Å². The highest BCUT2D eigenvalue weighted by molar-refractivity contribution is 9.10. The van der Waals surface area contributed by atoms with Gasteiger partial charge in [-0.2, -0.15) is 0 Å². The molecule has 1 unspecified atom stereocenters. The van der Waals surface area contributed by atoms with Crippen molar-refractivity contribution in [2.45, 2.75) is 13.3 Å². The van der Waals surface area contributed by atoms with E-state index in [0.29, 0.717) is 4.60 Å². The summed E-state index contributed by atoms with van der Waals surface area (Å²) >= 11 is 3.31. The molecule has 0 aromatic carbocycles. The number of carbonyl (C=O) groups is 1. The second kappa shape index (κ2) is 4.51. The number of hydrogen-bond acceptors (Lipinski definition) is 3. The molecule has 0 radical (unpaired) electrons. The Bertz CT molecular complexity index is 402. The summed E-state index contributed by atoms with van der Waals surface area (Å²) in [4.78, 5) is 16.2. The summed E-state index contributed by atoms with van der Waals surface area (Å²) in [7, 11) is 0. The molecular formula is C11H14BrN3O. The zero-order valence-electron chi connectivity index (χ0n) is 9.09. The topological polar surface area (TPSA) is 54.0 Å². The van der Waals surface area contributed by atoms with Crippen LogP contribution in [0.5, 0.6) is 0 Å². The lowest BCUT2D eigenvalue weighted by molar-refractivity contribution is -0.123. The van der Waals surface area contributed by atoms with Crippen molar-refractivity contribution in [2.24, 2.45) is 5.41 Å². The lowest BCUT2D eigenvalue weighted by Crippen LogP contribution is -2.35. The fraction of sp³-hybridized carbons (Fsp3) is 0.455. The van der Waals surface area contributed by atoms with Gasteiger partial charge in [0.15, 0.2) is 0 Å². The molecule has 1 aliphatic rings. The van der Waals surface area contributed by atoms with Crippen molar-refractivity contribution in [2.75, 3.05) is 18.4 Å². The van der Waals surface area contributed by atoms with Crippen LogP contribution in [0, 0.1) is 5.41 Å². The number of aromatic nitrogens is 1. The molecule has 86 valence electrons. The van der Waals surface area contributed by atoms with E-state index < -0.39 is 0 Å². The van der Waals surface area contributed by atoms with Crippen LogP contribution in [0.15, 0.2) is 22.9 Å². The summed E-state index contributed by atoms with van der Waals surface area (Å²) in [6.45, 7) is 3.61. The van der Waals surface area contributed by atoms with E-state index >= 15 is 0 Å². The van der Waals surface area contributed by atoms with E-state index in [0.717, 1.165) is 25.2 Å². The molecule has 1 aromatic rings. The number of nitrogens with one attached hydrogen (secondary N) is 2. The maximum atomic E-state index is 12.1. The lowest BCUT2D eigenvalue weighted by Gasteiger charge is -2.21. The minimum Gasteiger partial charge on any atom is -0.323 e. The Morgan fingerprint density at radius 1 is 1.69 bits per heavy atom. The van der Waals surface area contributed by atoms with Crippen LogP contribution in [0.25, 0.3) is 0 Å². The number of rotatable bonds is 2. The first-order valence-electron chi connectivity index (χ1n) is 5.24. The summed E-state index contributed by atoms with van der Waals surface area (Å²) in [5.41, 5.74) is 0.413. The van der Waals surface area contributed by atoms with Gasteiger partial charge < -0.3 is 10.6 Å². The second-order valence-corrected chi connectivity index (χ2v) is 5.03. The first kappa shape index (κ1) is 11.5. The SMILES string of the molecule is CC1(C(=O)Nc2cccnc2Br)CCNC1. The molecule has 0 spiro atoms. The number of halogens is 1. The molecule has 2 rings (SSSR count). The van der Waals surface area contributed by atoms with Gasteiger partial charge in [0.05, 0.1) is 11.1 Å². The normalized spacial score (nSPS) is 24.4. The number of hydrogen-bond donors (Lipinski definition) is 2. The van der Waals surface area contributed by atoms with Crippen molar-refractivity contribution in [3.63, 3.8) is 0 Å². The molecule has 0 bridgehead atoms. The van der Waals surface area contributed by atoms with Crippen molar-refractivity contribution in [3.05, 3.63) is 22.9 Å². The van der Waals surface area contributed by atoms with Gasteiger partial charge in [-0.05, 0) is 48.0 Å². The molecule has 2 heterocycles. The molecule has 16 heavy (non-hydrogen) atoms. The molecule has 4 nitrogen and oxygen atoms in total. The molecule has 5 heteroatoms. The molecule has 0 saturated carbocycles. The Hall–Kier alpha value is -0.940. The zero-order valence-corrected chi connectivity index (χ0v) is 10.7. The van der Waals surface area contributed by atoms with Crippen LogP contribution >= 0.6 is 15.9 Å². The maximum absolute atomic E-state index is 12.1. The lowest BCUT2D eigenvalue weighted by atomic mass is 9.89. The van der Waals surface area contributed by atoms with E-state index in [-0.39, 0.29) is 11.3 Å². The Kier molecular flexibility index (Phi) is 3.25. The van der Waals surface area contributed by atoms with E-state index in [2.05, 4.69) is 31.5 Å². The summed E-state index contributed by atoms with van der Waals surface area (Å²) in [6, 6.07) is 3.64. The summed E-state index contributed by atoms with van der Waals surface area (Å²) in [5, 5.41) is 6.11. The standard InChI is InChI=1S/C11H14BrN3O/c1-11(4-6-13-7-11)10(16)15-8-3-2-5-14-9(8)12/h2-3,5,13H,4,6-7H2,1H3,(H,15,16). The minimum atomic E-state index is -0.310. The average Bonchev–Trinajstić information content (AvgIpc) is 2.70. The van der Waals surface area contributed by atoms with E-state index in [9.17, 15) is 4.79 Å². The molecule has 1 atom stereocenters. The highest BCUT2D eigenvalue weighted by atomic mass is 79.9. The van der Waals surface area contributed by atoms with Crippen LogP contribution < -0.4 is 10.6 Å². The third-order valence-corrected chi connectivity index (χ3v) is 3.56. The highest BCUT2D eigenvalue weighted by Gasteiger charge is 2.36. The van der Waals surface area contributed by atoms with Crippen LogP contribution in [0.2, 0.25) is 0 Å². The predicted molar refractivity (Wildman–Crippen MR) is 66.2 cm³/mol. The van der Waals surface area contributed by atoms with E-state index in [1.807, 2.05) is 13.0 Å². The van der Waals surface area contributed by atoms with Gasteiger partial charge in [-0.3, -0.25) is 4.79 Å². The van der Waals surface area contributed by atoms with Gasteiger partial charge in [-0.25, -0.2) is 4.98 Å². The van der Waals surface area contributed by atoms with Crippen LogP contribution in [0.3, 0.4) is 0 Å². The van der Waals surface area contributed by atoms with E-state index in [1.54, 1.807) is 12.3 Å². The molecule has 1 fully saturated rings. The fourth-order valence-corrected chi connectivity index (χ4v) is 2.11. The first-order valence-corrected chi connectivity index (χ1v) is 6.04. The van der Waals surface area contributed by atoms with Gasteiger partial charge in [-0.15, -0.1) is 0 Å². The fourth-order valence-electron chi connectivity index (χ4n) is 1.76. The molecular weight excluding hydrogens is 270 g/mol.